The van der Waals surface area contributed by atoms with Crippen LogP contribution in [0.5, 0.6) is 0 Å². The Kier molecular flexibility index (Phi) is 5.61. The third-order valence-corrected chi connectivity index (χ3v) is 5.30. The summed E-state index contributed by atoms with van der Waals surface area (Å²) in [5.41, 5.74) is 10.4. The number of esters is 1. The molecule has 5 heteroatoms. The molecule has 2 aromatic carbocycles. The predicted molar refractivity (Wildman–Crippen MR) is 103 cm³/mol. The number of carbonyl (C=O) groups is 2. The molecule has 0 amide bonds. The Morgan fingerprint density at radius 3 is 2.04 bits per heavy atom. The lowest BCUT2D eigenvalue weighted by Gasteiger charge is -2.21. The maximum Gasteiger partial charge on any atom is 0.320 e. The SMILES string of the molecule is CC(C)C(N)C[C@H](C(=O)O)C(=O)OCC1c2ccccc2-c2ccccc21. The second-order valence-electron chi connectivity index (χ2n) is 7.39. The minimum atomic E-state index is -1.24. The van der Waals surface area contributed by atoms with Gasteiger partial charge in [0.1, 0.15) is 6.61 Å². The number of nitrogens with two attached hydrogens (primary N) is 1. The zero-order valence-electron chi connectivity index (χ0n) is 15.6. The third-order valence-electron chi connectivity index (χ3n) is 5.30. The van der Waals surface area contributed by atoms with E-state index in [0.29, 0.717) is 0 Å². The molecule has 1 aliphatic rings. The lowest BCUT2D eigenvalue weighted by Crippen LogP contribution is -2.36. The molecular formula is C22H25NO4. The predicted octanol–water partition coefficient (Wildman–Crippen LogP) is 3.42. The summed E-state index contributed by atoms with van der Waals surface area (Å²) in [5.74, 6) is -3.15. The number of carbonyl (C=O) groups excluding carboxylic acids is 1. The molecule has 0 saturated heterocycles. The van der Waals surface area contributed by atoms with Crippen LogP contribution in [0.2, 0.25) is 0 Å². The van der Waals surface area contributed by atoms with Gasteiger partial charge in [0.15, 0.2) is 5.92 Å². The van der Waals surface area contributed by atoms with Crippen LogP contribution < -0.4 is 5.73 Å². The summed E-state index contributed by atoms with van der Waals surface area (Å²) in [4.78, 5) is 24.0. The van der Waals surface area contributed by atoms with Crippen LogP contribution in [0.25, 0.3) is 11.1 Å². The number of hydrogen-bond acceptors (Lipinski definition) is 4. The van der Waals surface area contributed by atoms with Crippen LogP contribution in [0.1, 0.15) is 37.3 Å². The van der Waals surface area contributed by atoms with E-state index in [2.05, 4.69) is 12.1 Å². The molecule has 0 heterocycles. The number of carboxylic acid groups (broad SMARTS) is 1. The van der Waals surface area contributed by atoms with Gasteiger partial charge in [0.2, 0.25) is 0 Å². The highest BCUT2D eigenvalue weighted by atomic mass is 16.5. The van der Waals surface area contributed by atoms with Gasteiger partial charge in [0.05, 0.1) is 0 Å². The van der Waals surface area contributed by atoms with Crippen molar-refractivity contribution in [1.82, 2.24) is 0 Å². The maximum atomic E-state index is 12.5. The highest BCUT2D eigenvalue weighted by Gasteiger charge is 2.33. The van der Waals surface area contributed by atoms with Crippen molar-refractivity contribution in [2.24, 2.45) is 17.6 Å². The Bertz CT molecular complexity index is 800. The molecule has 0 saturated carbocycles. The molecule has 2 aromatic rings. The minimum absolute atomic E-state index is 0.0731. The Morgan fingerprint density at radius 1 is 1.04 bits per heavy atom. The molecule has 1 unspecified atom stereocenters. The zero-order chi connectivity index (χ0) is 19.6. The number of fused-ring (bicyclic) bond motifs is 3. The number of rotatable bonds is 7. The molecule has 27 heavy (non-hydrogen) atoms. The first-order valence-corrected chi connectivity index (χ1v) is 9.23. The first-order valence-electron chi connectivity index (χ1n) is 9.23. The van der Waals surface area contributed by atoms with Crippen LogP contribution in [0, 0.1) is 11.8 Å². The Morgan fingerprint density at radius 2 is 1.56 bits per heavy atom. The van der Waals surface area contributed by atoms with Crippen molar-refractivity contribution in [1.29, 1.82) is 0 Å². The summed E-state index contributed by atoms with van der Waals surface area (Å²) in [6.45, 7) is 3.93. The van der Waals surface area contributed by atoms with E-state index >= 15 is 0 Å². The van der Waals surface area contributed by atoms with E-state index in [9.17, 15) is 14.7 Å². The molecule has 1 aliphatic carbocycles. The van der Waals surface area contributed by atoms with Crippen molar-refractivity contribution < 1.29 is 19.4 Å². The molecule has 142 valence electrons. The van der Waals surface area contributed by atoms with E-state index in [-0.39, 0.29) is 30.9 Å². The van der Waals surface area contributed by atoms with Crippen LogP contribution in [0.15, 0.2) is 48.5 Å². The van der Waals surface area contributed by atoms with Crippen molar-refractivity contribution in [3.8, 4) is 11.1 Å². The maximum absolute atomic E-state index is 12.5. The van der Waals surface area contributed by atoms with E-state index in [0.717, 1.165) is 22.3 Å². The lowest BCUT2D eigenvalue weighted by molar-refractivity contribution is -0.159. The normalized spacial score (nSPS) is 15.1. The van der Waals surface area contributed by atoms with Gasteiger partial charge in [-0.15, -0.1) is 0 Å². The van der Waals surface area contributed by atoms with Crippen LogP contribution in [0.3, 0.4) is 0 Å². The van der Waals surface area contributed by atoms with E-state index in [1.165, 1.54) is 0 Å². The Balaban J connectivity index is 1.76. The first kappa shape index (κ1) is 19.1. The van der Waals surface area contributed by atoms with Crippen molar-refractivity contribution >= 4 is 11.9 Å². The van der Waals surface area contributed by atoms with E-state index in [1.54, 1.807) is 0 Å². The average molecular weight is 367 g/mol. The quantitative estimate of drug-likeness (QED) is 0.578. The molecule has 3 N–H and O–H groups in total. The number of hydrogen-bond donors (Lipinski definition) is 2. The summed E-state index contributed by atoms with van der Waals surface area (Å²) >= 11 is 0. The Hall–Kier alpha value is -2.66. The second kappa shape index (κ2) is 7.92. The van der Waals surface area contributed by atoms with Gasteiger partial charge in [0, 0.05) is 12.0 Å². The highest BCUT2D eigenvalue weighted by Crippen LogP contribution is 2.44. The standard InChI is InChI=1S/C22H25NO4/c1-13(2)20(23)11-18(21(24)25)22(26)27-12-19-16-9-5-3-7-14(16)15-8-4-6-10-17(15)19/h3-10,13,18-20H,11-12,23H2,1-2H3,(H,24,25)/t18-,20?/m1/s1. The van der Waals surface area contributed by atoms with Crippen molar-refractivity contribution in [3.63, 3.8) is 0 Å². The summed E-state index contributed by atoms with van der Waals surface area (Å²) in [6, 6.07) is 15.7. The summed E-state index contributed by atoms with van der Waals surface area (Å²) in [6.07, 6.45) is 0.0731. The fourth-order valence-electron chi connectivity index (χ4n) is 3.55. The van der Waals surface area contributed by atoms with Gasteiger partial charge in [-0.25, -0.2) is 0 Å². The molecule has 0 spiro atoms. The van der Waals surface area contributed by atoms with Gasteiger partial charge in [-0.05, 0) is 34.6 Å². The highest BCUT2D eigenvalue weighted by molar-refractivity contribution is 5.94. The summed E-state index contributed by atoms with van der Waals surface area (Å²) < 4.78 is 5.47. The number of benzene rings is 2. The average Bonchev–Trinajstić information content (AvgIpc) is 2.97. The van der Waals surface area contributed by atoms with Gasteiger partial charge in [-0.2, -0.15) is 0 Å². The van der Waals surface area contributed by atoms with Crippen molar-refractivity contribution in [2.45, 2.75) is 32.2 Å². The topological polar surface area (TPSA) is 89.6 Å². The molecule has 0 aromatic heterocycles. The smallest absolute Gasteiger partial charge is 0.320 e. The molecular weight excluding hydrogens is 342 g/mol. The molecule has 0 bridgehead atoms. The molecule has 0 radical (unpaired) electrons. The molecule has 0 fully saturated rings. The van der Waals surface area contributed by atoms with Crippen molar-refractivity contribution in [2.75, 3.05) is 6.61 Å². The number of aliphatic carboxylic acids is 1. The van der Waals surface area contributed by atoms with Gasteiger partial charge < -0.3 is 15.6 Å². The van der Waals surface area contributed by atoms with Crippen molar-refractivity contribution in [3.05, 3.63) is 59.7 Å². The fourth-order valence-corrected chi connectivity index (χ4v) is 3.55. The van der Waals surface area contributed by atoms with Gasteiger partial charge in [-0.1, -0.05) is 62.4 Å². The van der Waals surface area contributed by atoms with E-state index in [4.69, 9.17) is 10.5 Å². The van der Waals surface area contributed by atoms with Crippen LogP contribution in [-0.2, 0) is 14.3 Å². The zero-order valence-corrected chi connectivity index (χ0v) is 15.6. The fraction of sp³-hybridized carbons (Fsp3) is 0.364. The van der Waals surface area contributed by atoms with Gasteiger partial charge in [-0.3, -0.25) is 9.59 Å². The molecule has 5 nitrogen and oxygen atoms in total. The number of ether oxygens (including phenoxy) is 1. The van der Waals surface area contributed by atoms with Gasteiger partial charge >= 0.3 is 11.9 Å². The lowest BCUT2D eigenvalue weighted by atomic mass is 9.93. The van der Waals surface area contributed by atoms with Gasteiger partial charge in [0.25, 0.3) is 0 Å². The third kappa shape index (κ3) is 3.88. The molecule has 0 aliphatic heterocycles. The van der Waals surface area contributed by atoms with E-state index < -0.39 is 17.9 Å². The van der Waals surface area contributed by atoms with Crippen LogP contribution in [0.4, 0.5) is 0 Å². The molecule has 3 rings (SSSR count). The van der Waals surface area contributed by atoms with Crippen LogP contribution >= 0.6 is 0 Å². The van der Waals surface area contributed by atoms with E-state index in [1.807, 2.05) is 50.2 Å². The minimum Gasteiger partial charge on any atom is -0.481 e. The number of carboxylic acids is 1. The largest absolute Gasteiger partial charge is 0.481 e. The summed E-state index contributed by atoms with van der Waals surface area (Å²) in [7, 11) is 0. The first-order chi connectivity index (χ1) is 12.9. The molecule has 2 atom stereocenters. The second-order valence-corrected chi connectivity index (χ2v) is 7.39. The summed E-state index contributed by atoms with van der Waals surface area (Å²) in [5, 5.41) is 9.43. The van der Waals surface area contributed by atoms with Crippen LogP contribution in [-0.4, -0.2) is 29.7 Å². The monoisotopic (exact) mass is 367 g/mol. The Labute approximate surface area is 159 Å².